The highest BCUT2D eigenvalue weighted by atomic mass is 16.5. The Labute approximate surface area is 91.8 Å². The van der Waals surface area contributed by atoms with Crippen molar-refractivity contribution in [2.45, 2.75) is 38.7 Å². The third-order valence-corrected chi connectivity index (χ3v) is 3.67. The quantitative estimate of drug-likeness (QED) is 0.708. The van der Waals surface area contributed by atoms with Gasteiger partial charge in [-0.1, -0.05) is 19.8 Å². The van der Waals surface area contributed by atoms with Crippen molar-refractivity contribution in [3.63, 3.8) is 0 Å². The molecule has 1 aliphatic carbocycles. The van der Waals surface area contributed by atoms with Gasteiger partial charge in [-0.2, -0.15) is 0 Å². The van der Waals surface area contributed by atoms with Gasteiger partial charge in [0.25, 0.3) is 0 Å². The van der Waals surface area contributed by atoms with Crippen LogP contribution in [0.2, 0.25) is 0 Å². The van der Waals surface area contributed by atoms with Crippen LogP contribution >= 0.6 is 0 Å². The fraction of sp³-hybridized carbons (Fsp3) is 0.917. The maximum atomic E-state index is 12.1. The van der Waals surface area contributed by atoms with Crippen LogP contribution in [0, 0.1) is 5.92 Å². The van der Waals surface area contributed by atoms with E-state index in [-0.39, 0.29) is 6.10 Å². The average molecular weight is 211 g/mol. The van der Waals surface area contributed by atoms with Crippen molar-refractivity contribution in [3.8, 4) is 0 Å². The van der Waals surface area contributed by atoms with Crippen LogP contribution < -0.4 is 0 Å². The van der Waals surface area contributed by atoms with E-state index in [1.165, 1.54) is 12.8 Å². The molecule has 0 amide bonds. The summed E-state index contributed by atoms with van der Waals surface area (Å²) in [4.78, 5) is 14.4. The third-order valence-electron chi connectivity index (χ3n) is 3.67. The van der Waals surface area contributed by atoms with Crippen LogP contribution in [-0.2, 0) is 9.53 Å². The Morgan fingerprint density at radius 2 is 2.13 bits per heavy atom. The Morgan fingerprint density at radius 1 is 1.40 bits per heavy atom. The van der Waals surface area contributed by atoms with E-state index >= 15 is 0 Å². The normalized spacial score (nSPS) is 29.5. The second-order valence-electron chi connectivity index (χ2n) is 4.64. The minimum absolute atomic E-state index is 0.137. The monoisotopic (exact) mass is 211 g/mol. The van der Waals surface area contributed by atoms with Crippen LogP contribution in [0.5, 0.6) is 0 Å². The third kappa shape index (κ3) is 2.58. The molecule has 0 aromatic rings. The Hall–Kier alpha value is -0.410. The second kappa shape index (κ2) is 5.08. The van der Waals surface area contributed by atoms with Crippen LogP contribution in [0.25, 0.3) is 0 Å². The van der Waals surface area contributed by atoms with E-state index in [0.717, 1.165) is 39.1 Å². The number of carbonyl (C=O) groups excluding carboxylic acids is 1. The highest BCUT2D eigenvalue weighted by molar-refractivity contribution is 5.86. The van der Waals surface area contributed by atoms with Crippen molar-refractivity contribution in [1.82, 2.24) is 4.90 Å². The number of nitrogens with zero attached hydrogens (tertiary/aromatic N) is 1. The molecule has 2 aliphatic rings. The van der Waals surface area contributed by atoms with Crippen molar-refractivity contribution in [3.05, 3.63) is 0 Å². The van der Waals surface area contributed by atoms with Crippen LogP contribution in [-0.4, -0.2) is 43.0 Å². The summed E-state index contributed by atoms with van der Waals surface area (Å²) in [6, 6.07) is 0. The van der Waals surface area contributed by atoms with Crippen molar-refractivity contribution in [1.29, 1.82) is 0 Å². The van der Waals surface area contributed by atoms with Gasteiger partial charge >= 0.3 is 0 Å². The molecule has 0 bridgehead atoms. The standard InChI is InChI=1S/C12H21NO2/c1-2-13-7-8-15-11(9-13)12(14)10-5-3-4-6-10/h10-11H,2-9H2,1H3. The molecule has 15 heavy (non-hydrogen) atoms. The highest BCUT2D eigenvalue weighted by Gasteiger charge is 2.32. The van der Waals surface area contributed by atoms with Gasteiger partial charge < -0.3 is 4.74 Å². The summed E-state index contributed by atoms with van der Waals surface area (Å²) in [5.41, 5.74) is 0. The van der Waals surface area contributed by atoms with E-state index in [1.807, 2.05) is 0 Å². The van der Waals surface area contributed by atoms with Crippen LogP contribution in [0.4, 0.5) is 0 Å². The van der Waals surface area contributed by atoms with E-state index < -0.39 is 0 Å². The summed E-state index contributed by atoms with van der Waals surface area (Å²) in [7, 11) is 0. The predicted molar refractivity (Wildman–Crippen MR) is 58.8 cm³/mol. The Kier molecular flexibility index (Phi) is 3.76. The minimum Gasteiger partial charge on any atom is -0.368 e. The first-order chi connectivity index (χ1) is 7.31. The lowest BCUT2D eigenvalue weighted by Gasteiger charge is -2.32. The molecule has 2 rings (SSSR count). The van der Waals surface area contributed by atoms with Crippen LogP contribution in [0.15, 0.2) is 0 Å². The number of morpholine rings is 1. The maximum Gasteiger partial charge on any atom is 0.165 e. The van der Waals surface area contributed by atoms with Gasteiger partial charge in [-0.3, -0.25) is 9.69 Å². The number of rotatable bonds is 3. The zero-order chi connectivity index (χ0) is 10.7. The van der Waals surface area contributed by atoms with E-state index in [2.05, 4.69) is 11.8 Å². The summed E-state index contributed by atoms with van der Waals surface area (Å²) in [6.45, 7) is 5.67. The van der Waals surface area contributed by atoms with E-state index in [1.54, 1.807) is 0 Å². The number of hydrogen-bond acceptors (Lipinski definition) is 3. The molecular formula is C12H21NO2. The molecule has 1 saturated heterocycles. The minimum atomic E-state index is -0.137. The van der Waals surface area contributed by atoms with Gasteiger partial charge in [-0.05, 0) is 19.4 Å². The van der Waals surface area contributed by atoms with E-state index in [0.29, 0.717) is 11.7 Å². The summed E-state index contributed by atoms with van der Waals surface area (Å²) in [5.74, 6) is 0.664. The number of Topliss-reactive ketones (excluding diaryl/α,β-unsaturated/α-hetero) is 1. The predicted octanol–water partition coefficient (Wildman–Crippen LogP) is 1.47. The van der Waals surface area contributed by atoms with Crippen molar-refractivity contribution < 1.29 is 9.53 Å². The molecule has 3 heteroatoms. The van der Waals surface area contributed by atoms with Gasteiger partial charge in [-0.25, -0.2) is 0 Å². The van der Waals surface area contributed by atoms with Crippen molar-refractivity contribution in [2.75, 3.05) is 26.2 Å². The lowest BCUT2D eigenvalue weighted by atomic mass is 9.97. The summed E-state index contributed by atoms with van der Waals surface area (Å²) < 4.78 is 5.59. The smallest absolute Gasteiger partial charge is 0.165 e. The Balaban J connectivity index is 1.88. The van der Waals surface area contributed by atoms with E-state index in [4.69, 9.17) is 4.74 Å². The molecule has 86 valence electrons. The van der Waals surface area contributed by atoms with Crippen molar-refractivity contribution >= 4 is 5.78 Å². The molecule has 1 saturated carbocycles. The molecule has 2 fully saturated rings. The molecule has 0 N–H and O–H groups in total. The lowest BCUT2D eigenvalue weighted by molar-refractivity contribution is -0.140. The van der Waals surface area contributed by atoms with Crippen molar-refractivity contribution in [2.24, 2.45) is 5.92 Å². The number of likely N-dealkylation sites (N-methyl/N-ethyl adjacent to an activating group) is 1. The molecule has 0 aromatic carbocycles. The van der Waals surface area contributed by atoms with Gasteiger partial charge in [0.15, 0.2) is 5.78 Å². The van der Waals surface area contributed by atoms with Crippen LogP contribution in [0.3, 0.4) is 0 Å². The second-order valence-corrected chi connectivity index (χ2v) is 4.64. The maximum absolute atomic E-state index is 12.1. The summed E-state index contributed by atoms with van der Waals surface area (Å²) >= 11 is 0. The van der Waals surface area contributed by atoms with Gasteiger partial charge in [0.05, 0.1) is 6.61 Å². The highest BCUT2D eigenvalue weighted by Crippen LogP contribution is 2.27. The molecular weight excluding hydrogens is 190 g/mol. The number of ether oxygens (including phenoxy) is 1. The fourth-order valence-electron chi connectivity index (χ4n) is 2.64. The summed E-state index contributed by atoms with van der Waals surface area (Å²) in [5, 5.41) is 0. The first-order valence-corrected chi connectivity index (χ1v) is 6.19. The molecule has 0 spiro atoms. The first-order valence-electron chi connectivity index (χ1n) is 6.19. The fourth-order valence-corrected chi connectivity index (χ4v) is 2.64. The number of carbonyl (C=O) groups is 1. The first kappa shape index (κ1) is 11.1. The van der Waals surface area contributed by atoms with Gasteiger partial charge in [0.1, 0.15) is 6.10 Å². The SMILES string of the molecule is CCN1CCOC(C(=O)C2CCCC2)C1. The van der Waals surface area contributed by atoms with Crippen LogP contribution in [0.1, 0.15) is 32.6 Å². The molecule has 3 nitrogen and oxygen atoms in total. The summed E-state index contributed by atoms with van der Waals surface area (Å²) in [6.07, 6.45) is 4.48. The van der Waals surface area contributed by atoms with Gasteiger partial charge in [0.2, 0.25) is 0 Å². The molecule has 1 aliphatic heterocycles. The van der Waals surface area contributed by atoms with Gasteiger partial charge in [0, 0.05) is 19.0 Å². The van der Waals surface area contributed by atoms with Gasteiger partial charge in [-0.15, -0.1) is 0 Å². The zero-order valence-corrected chi connectivity index (χ0v) is 9.58. The zero-order valence-electron chi connectivity index (χ0n) is 9.58. The topological polar surface area (TPSA) is 29.5 Å². The lowest BCUT2D eigenvalue weighted by Crippen LogP contribution is -2.47. The number of ketones is 1. The Bertz CT molecular complexity index is 224. The average Bonchev–Trinajstić information content (AvgIpc) is 2.81. The molecule has 0 aromatic heterocycles. The number of hydrogen-bond donors (Lipinski definition) is 0. The molecule has 1 heterocycles. The molecule has 1 unspecified atom stereocenters. The van der Waals surface area contributed by atoms with E-state index in [9.17, 15) is 4.79 Å². The largest absolute Gasteiger partial charge is 0.368 e. The molecule has 0 radical (unpaired) electrons. The molecule has 1 atom stereocenters. The Morgan fingerprint density at radius 3 is 2.80 bits per heavy atom.